The molecule has 0 fully saturated rings. The number of thiophene rings is 1. The van der Waals surface area contributed by atoms with Crippen LogP contribution in [-0.4, -0.2) is 41.6 Å². The van der Waals surface area contributed by atoms with E-state index < -0.39 is 0 Å². The predicted molar refractivity (Wildman–Crippen MR) is 153 cm³/mol. The van der Waals surface area contributed by atoms with Gasteiger partial charge in [0, 0.05) is 10.4 Å². The molecule has 8 nitrogen and oxygen atoms in total. The monoisotopic (exact) mass is 548 g/mol. The summed E-state index contributed by atoms with van der Waals surface area (Å²) in [7, 11) is 3.11. The van der Waals surface area contributed by atoms with Crippen LogP contribution in [0.4, 0.5) is 0 Å². The lowest BCUT2D eigenvalue weighted by Crippen LogP contribution is -2.24. The number of methoxy groups -OCH3 is 2. The van der Waals surface area contributed by atoms with Crippen molar-refractivity contribution in [2.45, 2.75) is 37.8 Å². The standard InChI is InChI=1S/C28H28N4O4S2/c1-17-11-13-19(14-12-17)32-27(34)24-20-8-4-5-10-22(20)38-26(24)30-28(32)37-16-23(33)31-29-15-18-7-6-9-21(35-2)25(18)36-3/h6-7,9,11-15H,4-5,8,10,16H2,1-3H3,(H,31,33)/b29-15+. The molecule has 38 heavy (non-hydrogen) atoms. The number of thioether (sulfide) groups is 1. The summed E-state index contributed by atoms with van der Waals surface area (Å²) in [6, 6.07) is 13.2. The van der Waals surface area contributed by atoms with E-state index in [0.717, 1.165) is 52.7 Å². The average molecular weight is 549 g/mol. The Kier molecular flexibility index (Phi) is 7.80. The lowest BCUT2D eigenvalue weighted by molar-refractivity contribution is -0.118. The summed E-state index contributed by atoms with van der Waals surface area (Å²) in [5.41, 5.74) is 6.12. The van der Waals surface area contributed by atoms with Gasteiger partial charge in [0.1, 0.15) is 4.83 Å². The van der Waals surface area contributed by atoms with E-state index in [-0.39, 0.29) is 17.2 Å². The minimum atomic E-state index is -0.316. The highest BCUT2D eigenvalue weighted by molar-refractivity contribution is 7.99. The van der Waals surface area contributed by atoms with Crippen molar-refractivity contribution in [3.05, 3.63) is 74.4 Å². The molecule has 2 aromatic carbocycles. The number of hydrazone groups is 1. The molecule has 0 saturated heterocycles. The van der Waals surface area contributed by atoms with Crippen molar-refractivity contribution in [3.63, 3.8) is 0 Å². The molecule has 0 unspecified atom stereocenters. The van der Waals surface area contributed by atoms with E-state index in [1.807, 2.05) is 43.3 Å². The first-order valence-corrected chi connectivity index (χ1v) is 14.1. The van der Waals surface area contributed by atoms with Gasteiger partial charge in [-0.3, -0.25) is 14.2 Å². The molecule has 1 N–H and O–H groups in total. The molecule has 0 aliphatic heterocycles. The quantitative estimate of drug-likeness (QED) is 0.146. The molecule has 0 saturated carbocycles. The topological polar surface area (TPSA) is 94.8 Å². The second-order valence-electron chi connectivity index (χ2n) is 8.93. The van der Waals surface area contributed by atoms with Crippen LogP contribution in [0, 0.1) is 6.92 Å². The van der Waals surface area contributed by atoms with E-state index in [2.05, 4.69) is 10.5 Å². The number of fused-ring (bicyclic) bond motifs is 3. The third-order valence-electron chi connectivity index (χ3n) is 6.41. The Hall–Kier alpha value is -3.63. The Labute approximate surface area is 228 Å². The number of amides is 1. The molecule has 4 aromatic rings. The van der Waals surface area contributed by atoms with Gasteiger partial charge in [-0.25, -0.2) is 10.4 Å². The Balaban J connectivity index is 1.40. The summed E-state index contributed by atoms with van der Waals surface area (Å²) in [4.78, 5) is 33.4. The number of hydrogen-bond donors (Lipinski definition) is 1. The minimum absolute atomic E-state index is 0.0431. The molecule has 2 heterocycles. The largest absolute Gasteiger partial charge is 0.493 e. The van der Waals surface area contributed by atoms with E-state index in [9.17, 15) is 9.59 Å². The normalized spacial score (nSPS) is 13.0. The van der Waals surface area contributed by atoms with Crippen LogP contribution in [0.15, 0.2) is 57.5 Å². The molecule has 5 rings (SSSR count). The van der Waals surface area contributed by atoms with E-state index in [1.165, 1.54) is 22.9 Å². The number of aromatic nitrogens is 2. The zero-order valence-electron chi connectivity index (χ0n) is 21.4. The number of hydrogen-bond acceptors (Lipinski definition) is 8. The fourth-order valence-electron chi connectivity index (χ4n) is 4.55. The maximum Gasteiger partial charge on any atom is 0.267 e. The molecule has 0 spiro atoms. The smallest absolute Gasteiger partial charge is 0.267 e. The van der Waals surface area contributed by atoms with Gasteiger partial charge in [0.25, 0.3) is 11.5 Å². The second kappa shape index (κ2) is 11.4. The fourth-order valence-corrected chi connectivity index (χ4v) is 6.66. The number of aryl methyl sites for hydroxylation is 3. The summed E-state index contributed by atoms with van der Waals surface area (Å²) < 4.78 is 12.3. The van der Waals surface area contributed by atoms with Crippen LogP contribution in [0.1, 0.15) is 34.4 Å². The number of carbonyl (C=O) groups is 1. The van der Waals surface area contributed by atoms with Gasteiger partial charge in [0.05, 0.1) is 37.3 Å². The first kappa shape index (κ1) is 26.0. The Bertz CT molecular complexity index is 1570. The maximum atomic E-state index is 13.8. The molecule has 10 heteroatoms. The summed E-state index contributed by atoms with van der Waals surface area (Å²) in [5, 5.41) is 5.28. The molecule has 1 amide bonds. The molecular formula is C28H28N4O4S2. The lowest BCUT2D eigenvalue weighted by atomic mass is 9.97. The first-order valence-electron chi connectivity index (χ1n) is 12.3. The zero-order chi connectivity index (χ0) is 26.6. The Morgan fingerprint density at radius 3 is 2.71 bits per heavy atom. The number of nitrogens with one attached hydrogen (secondary N) is 1. The van der Waals surface area contributed by atoms with Gasteiger partial charge in [-0.2, -0.15) is 5.10 Å². The fraction of sp³-hybridized carbons (Fsp3) is 0.286. The molecule has 1 aliphatic rings. The highest BCUT2D eigenvalue weighted by Gasteiger charge is 2.23. The number of para-hydroxylation sites is 1. The molecular weight excluding hydrogens is 520 g/mol. The van der Waals surface area contributed by atoms with Gasteiger partial charge >= 0.3 is 0 Å². The number of nitrogens with zero attached hydrogens (tertiary/aromatic N) is 3. The SMILES string of the molecule is COc1cccc(/C=N/NC(=O)CSc2nc3sc4c(c3c(=O)n2-c2ccc(C)cc2)CCCC4)c1OC. The van der Waals surface area contributed by atoms with Crippen LogP contribution in [-0.2, 0) is 17.6 Å². The first-order chi connectivity index (χ1) is 18.5. The molecule has 0 bridgehead atoms. The number of ether oxygens (including phenoxy) is 2. The Morgan fingerprint density at radius 2 is 1.95 bits per heavy atom. The minimum Gasteiger partial charge on any atom is -0.493 e. The van der Waals surface area contributed by atoms with Crippen molar-refractivity contribution in [1.29, 1.82) is 0 Å². The van der Waals surface area contributed by atoms with Crippen LogP contribution in [0.25, 0.3) is 15.9 Å². The average Bonchev–Trinajstić information content (AvgIpc) is 3.31. The van der Waals surface area contributed by atoms with Gasteiger partial charge in [0.15, 0.2) is 16.7 Å². The summed E-state index contributed by atoms with van der Waals surface area (Å²) in [5.74, 6) is 0.828. The predicted octanol–water partition coefficient (Wildman–Crippen LogP) is 4.89. The van der Waals surface area contributed by atoms with Crippen LogP contribution in [0.5, 0.6) is 11.5 Å². The highest BCUT2D eigenvalue weighted by atomic mass is 32.2. The lowest BCUT2D eigenvalue weighted by Gasteiger charge is -2.13. The van der Waals surface area contributed by atoms with Crippen LogP contribution < -0.4 is 20.5 Å². The van der Waals surface area contributed by atoms with Crippen molar-refractivity contribution >= 4 is 45.4 Å². The molecule has 0 radical (unpaired) electrons. The molecule has 0 atom stereocenters. The van der Waals surface area contributed by atoms with Crippen LogP contribution >= 0.6 is 23.1 Å². The summed E-state index contributed by atoms with van der Waals surface area (Å²) in [6.07, 6.45) is 5.62. The van der Waals surface area contributed by atoms with E-state index in [4.69, 9.17) is 14.5 Å². The van der Waals surface area contributed by atoms with Crippen molar-refractivity contribution < 1.29 is 14.3 Å². The Morgan fingerprint density at radius 1 is 1.16 bits per heavy atom. The number of benzene rings is 2. The third-order valence-corrected chi connectivity index (χ3v) is 8.53. The summed E-state index contributed by atoms with van der Waals surface area (Å²) in [6.45, 7) is 2.00. The molecule has 1 aliphatic carbocycles. The summed E-state index contributed by atoms with van der Waals surface area (Å²) >= 11 is 2.82. The van der Waals surface area contributed by atoms with Crippen LogP contribution in [0.2, 0.25) is 0 Å². The van der Waals surface area contributed by atoms with Crippen molar-refractivity contribution in [3.8, 4) is 17.2 Å². The third kappa shape index (κ3) is 5.19. The van der Waals surface area contributed by atoms with Crippen molar-refractivity contribution in [1.82, 2.24) is 15.0 Å². The van der Waals surface area contributed by atoms with E-state index in [1.54, 1.807) is 36.2 Å². The van der Waals surface area contributed by atoms with Crippen molar-refractivity contribution in [2.75, 3.05) is 20.0 Å². The van der Waals surface area contributed by atoms with Gasteiger partial charge in [0.2, 0.25) is 0 Å². The molecule has 196 valence electrons. The second-order valence-corrected chi connectivity index (χ2v) is 11.0. The number of rotatable bonds is 8. The van der Waals surface area contributed by atoms with Gasteiger partial charge in [-0.1, -0.05) is 35.5 Å². The maximum absolute atomic E-state index is 13.8. The van der Waals surface area contributed by atoms with Crippen LogP contribution in [0.3, 0.4) is 0 Å². The molecule has 2 aromatic heterocycles. The van der Waals surface area contributed by atoms with Gasteiger partial charge in [-0.15, -0.1) is 11.3 Å². The number of carbonyl (C=O) groups excluding carboxylic acids is 1. The highest BCUT2D eigenvalue weighted by Crippen LogP contribution is 2.35. The van der Waals surface area contributed by atoms with Gasteiger partial charge in [-0.05, 0) is 62.4 Å². The zero-order valence-corrected chi connectivity index (χ0v) is 23.1. The van der Waals surface area contributed by atoms with E-state index >= 15 is 0 Å². The van der Waals surface area contributed by atoms with E-state index in [0.29, 0.717) is 22.2 Å². The van der Waals surface area contributed by atoms with Crippen molar-refractivity contribution in [2.24, 2.45) is 5.10 Å². The van der Waals surface area contributed by atoms with Gasteiger partial charge < -0.3 is 9.47 Å².